The van der Waals surface area contributed by atoms with Crippen LogP contribution in [0.3, 0.4) is 0 Å². The monoisotopic (exact) mass is 377 g/mol. The number of fused-ring (bicyclic) bond motifs is 1. The first kappa shape index (κ1) is 17.1. The Morgan fingerprint density at radius 3 is 2.78 bits per heavy atom. The molecule has 1 N–H and O–H groups in total. The topological polar surface area (TPSA) is 63.7 Å². The fourth-order valence-electron chi connectivity index (χ4n) is 2.87. The lowest BCUT2D eigenvalue weighted by molar-refractivity contribution is 0.0948. The number of carbonyl (C=O) groups excluding carboxylic acids is 1. The lowest BCUT2D eigenvalue weighted by Gasteiger charge is -2.02. The molecule has 6 nitrogen and oxygen atoms in total. The van der Waals surface area contributed by atoms with E-state index in [1.165, 1.54) is 0 Å². The number of hydrazone groups is 1. The van der Waals surface area contributed by atoms with E-state index in [1.807, 2.05) is 65.5 Å². The second kappa shape index (κ2) is 7.09. The number of imidazole rings is 1. The van der Waals surface area contributed by atoms with Crippen LogP contribution < -0.4 is 5.43 Å². The van der Waals surface area contributed by atoms with Gasteiger partial charge in [-0.05, 0) is 49.4 Å². The molecule has 4 aromatic rings. The lowest BCUT2D eigenvalue weighted by Crippen LogP contribution is -2.20. The average molecular weight is 378 g/mol. The predicted molar refractivity (Wildman–Crippen MR) is 106 cm³/mol. The average Bonchev–Trinajstić information content (AvgIpc) is 3.26. The first-order valence-corrected chi connectivity index (χ1v) is 8.70. The van der Waals surface area contributed by atoms with Gasteiger partial charge in [-0.3, -0.25) is 9.20 Å². The molecule has 0 aliphatic heterocycles. The number of amides is 1. The maximum Gasteiger partial charge on any atom is 0.290 e. The summed E-state index contributed by atoms with van der Waals surface area (Å²) in [4.78, 5) is 16.9. The molecule has 134 valence electrons. The molecule has 0 saturated heterocycles. The van der Waals surface area contributed by atoms with Gasteiger partial charge in [0.2, 0.25) is 0 Å². The molecule has 0 aliphatic carbocycles. The number of pyridine rings is 1. The van der Waals surface area contributed by atoms with Gasteiger partial charge in [0.05, 0.1) is 11.9 Å². The fourth-order valence-corrected chi connectivity index (χ4v) is 2.99. The van der Waals surface area contributed by atoms with Gasteiger partial charge in [0.1, 0.15) is 11.3 Å². The number of nitrogens with one attached hydrogen (secondary N) is 1. The van der Waals surface area contributed by atoms with E-state index in [0.717, 1.165) is 16.9 Å². The Bertz CT molecular complexity index is 1140. The van der Waals surface area contributed by atoms with Gasteiger partial charge in [-0.15, -0.1) is 0 Å². The summed E-state index contributed by atoms with van der Waals surface area (Å²) < 4.78 is 3.70. The van der Waals surface area contributed by atoms with E-state index in [-0.39, 0.29) is 5.91 Å². The Morgan fingerprint density at radius 2 is 1.96 bits per heavy atom. The summed E-state index contributed by atoms with van der Waals surface area (Å²) in [5, 5.41) is 4.76. The molecule has 3 aromatic heterocycles. The van der Waals surface area contributed by atoms with Gasteiger partial charge in [0.15, 0.2) is 0 Å². The van der Waals surface area contributed by atoms with Crippen molar-refractivity contribution in [3.05, 3.63) is 89.1 Å². The van der Waals surface area contributed by atoms with Crippen molar-refractivity contribution >= 4 is 29.4 Å². The Hall–Kier alpha value is -3.38. The number of benzene rings is 1. The molecule has 1 amide bonds. The second-order valence-corrected chi connectivity index (χ2v) is 6.44. The molecule has 0 aliphatic rings. The van der Waals surface area contributed by atoms with Crippen LogP contribution in [-0.4, -0.2) is 26.1 Å². The zero-order valence-corrected chi connectivity index (χ0v) is 15.3. The molecule has 27 heavy (non-hydrogen) atoms. The van der Waals surface area contributed by atoms with Gasteiger partial charge in [0.25, 0.3) is 5.91 Å². The molecular weight excluding hydrogens is 362 g/mol. The van der Waals surface area contributed by atoms with Crippen molar-refractivity contribution in [2.24, 2.45) is 5.10 Å². The van der Waals surface area contributed by atoms with Crippen LogP contribution in [0.25, 0.3) is 11.3 Å². The van der Waals surface area contributed by atoms with Crippen LogP contribution in [0.1, 0.15) is 21.7 Å². The lowest BCUT2D eigenvalue weighted by atomic mass is 10.3. The number of halogens is 1. The zero-order valence-electron chi connectivity index (χ0n) is 14.5. The van der Waals surface area contributed by atoms with Crippen LogP contribution in [0.4, 0.5) is 0 Å². The summed E-state index contributed by atoms with van der Waals surface area (Å²) in [7, 11) is 0. The van der Waals surface area contributed by atoms with Crippen molar-refractivity contribution in [3.63, 3.8) is 0 Å². The first-order chi connectivity index (χ1) is 13.1. The predicted octanol–water partition coefficient (Wildman–Crippen LogP) is 3.85. The fraction of sp³-hybridized carbons (Fsp3) is 0.0500. The van der Waals surface area contributed by atoms with E-state index in [2.05, 4.69) is 15.5 Å². The van der Waals surface area contributed by atoms with E-state index in [4.69, 9.17) is 11.6 Å². The van der Waals surface area contributed by atoms with Crippen LogP contribution in [-0.2, 0) is 0 Å². The van der Waals surface area contributed by atoms with E-state index in [1.54, 1.807) is 23.7 Å². The van der Waals surface area contributed by atoms with E-state index >= 15 is 0 Å². The quantitative estimate of drug-likeness (QED) is 0.433. The van der Waals surface area contributed by atoms with Crippen molar-refractivity contribution in [1.29, 1.82) is 0 Å². The Labute approximate surface area is 160 Å². The van der Waals surface area contributed by atoms with Crippen molar-refractivity contribution in [3.8, 4) is 5.69 Å². The van der Waals surface area contributed by atoms with E-state index in [9.17, 15) is 4.79 Å². The largest absolute Gasteiger partial charge is 0.323 e. The first-order valence-electron chi connectivity index (χ1n) is 8.33. The highest BCUT2D eigenvalue weighted by atomic mass is 35.5. The molecule has 0 radical (unpaired) electrons. The molecule has 0 bridgehead atoms. The number of hydrogen-bond donors (Lipinski definition) is 1. The molecule has 1 aromatic carbocycles. The summed E-state index contributed by atoms with van der Waals surface area (Å²) in [5.74, 6) is -0.306. The van der Waals surface area contributed by atoms with Crippen molar-refractivity contribution in [2.45, 2.75) is 6.92 Å². The van der Waals surface area contributed by atoms with Gasteiger partial charge in [-0.2, -0.15) is 5.10 Å². The van der Waals surface area contributed by atoms with Crippen LogP contribution in [0.2, 0.25) is 5.02 Å². The molecule has 4 rings (SSSR count). The third-order valence-corrected chi connectivity index (χ3v) is 4.39. The zero-order chi connectivity index (χ0) is 18.8. The number of aryl methyl sites for hydroxylation is 1. The number of carbonyl (C=O) groups is 1. The number of nitrogens with zero attached hydrogens (tertiary/aromatic N) is 4. The highest BCUT2D eigenvalue weighted by molar-refractivity contribution is 6.30. The normalized spacial score (nSPS) is 11.3. The molecule has 7 heteroatoms. The summed E-state index contributed by atoms with van der Waals surface area (Å²) in [6, 6.07) is 15.0. The number of rotatable bonds is 4. The maximum absolute atomic E-state index is 12.5. The molecule has 0 spiro atoms. The molecule has 0 saturated carbocycles. The summed E-state index contributed by atoms with van der Waals surface area (Å²) in [6.45, 7) is 1.80. The molecule has 3 heterocycles. The van der Waals surface area contributed by atoms with Crippen LogP contribution in [0.5, 0.6) is 0 Å². The second-order valence-electron chi connectivity index (χ2n) is 6.00. The Morgan fingerprint density at radius 1 is 1.15 bits per heavy atom. The van der Waals surface area contributed by atoms with Crippen molar-refractivity contribution in [2.75, 3.05) is 0 Å². The van der Waals surface area contributed by atoms with Crippen LogP contribution in [0.15, 0.2) is 72.2 Å². The van der Waals surface area contributed by atoms with E-state index < -0.39 is 0 Å². The smallest absolute Gasteiger partial charge is 0.290 e. The SMILES string of the molecule is Cc1nc2ccccn2c1C(=O)NN=Cc1ccn(-c2ccc(Cl)cc2)c1. The highest BCUT2D eigenvalue weighted by Gasteiger charge is 2.15. The summed E-state index contributed by atoms with van der Waals surface area (Å²) >= 11 is 5.92. The van der Waals surface area contributed by atoms with E-state index in [0.29, 0.717) is 16.4 Å². The maximum atomic E-state index is 12.5. The molecule has 0 unspecified atom stereocenters. The van der Waals surface area contributed by atoms with Gasteiger partial charge < -0.3 is 4.57 Å². The molecule has 0 fully saturated rings. The number of hydrogen-bond acceptors (Lipinski definition) is 3. The Kier molecular flexibility index (Phi) is 4.48. The third-order valence-electron chi connectivity index (χ3n) is 4.14. The van der Waals surface area contributed by atoms with Gasteiger partial charge in [-0.1, -0.05) is 17.7 Å². The van der Waals surface area contributed by atoms with Crippen molar-refractivity contribution < 1.29 is 4.79 Å². The number of aromatic nitrogens is 3. The minimum atomic E-state index is -0.306. The minimum absolute atomic E-state index is 0.306. The van der Waals surface area contributed by atoms with Crippen LogP contribution in [0, 0.1) is 6.92 Å². The molecular formula is C20H16ClN5O. The highest BCUT2D eigenvalue weighted by Crippen LogP contribution is 2.14. The van der Waals surface area contributed by atoms with Gasteiger partial charge >= 0.3 is 0 Å². The van der Waals surface area contributed by atoms with Crippen LogP contribution >= 0.6 is 11.6 Å². The standard InChI is InChI=1S/C20H16ClN5O/c1-14-19(26-10-3-2-4-18(26)23-14)20(27)24-22-12-15-9-11-25(13-15)17-7-5-16(21)6-8-17/h2-13H,1H3,(H,24,27). The molecule has 0 atom stereocenters. The summed E-state index contributed by atoms with van der Waals surface area (Å²) in [5.41, 5.74) is 6.27. The van der Waals surface area contributed by atoms with Crippen molar-refractivity contribution in [1.82, 2.24) is 19.4 Å². The third kappa shape index (κ3) is 3.47. The Balaban J connectivity index is 1.48. The van der Waals surface area contributed by atoms with Gasteiger partial charge in [0, 0.05) is 34.9 Å². The van der Waals surface area contributed by atoms with Gasteiger partial charge in [-0.25, -0.2) is 10.4 Å². The summed E-state index contributed by atoms with van der Waals surface area (Å²) in [6.07, 6.45) is 7.24. The minimum Gasteiger partial charge on any atom is -0.323 e.